The number of benzene rings is 1. The average Bonchev–Trinajstić information content (AvgIpc) is 2.61. The normalized spacial score (nSPS) is 14.9. The lowest BCUT2D eigenvalue weighted by Gasteiger charge is -2.22. The molecule has 1 aromatic rings. The average molecular weight is 332 g/mol. The van der Waals surface area contributed by atoms with E-state index in [1.54, 1.807) is 11.9 Å². The lowest BCUT2D eigenvalue weighted by Crippen LogP contribution is -2.41. The Morgan fingerprint density at radius 1 is 1.17 bits per heavy atom. The van der Waals surface area contributed by atoms with Crippen LogP contribution in [0.15, 0.2) is 24.3 Å². The van der Waals surface area contributed by atoms with Crippen LogP contribution in [0.4, 0.5) is 0 Å². The molecule has 0 atom stereocenters. The van der Waals surface area contributed by atoms with E-state index in [1.807, 2.05) is 31.2 Å². The molecule has 1 aliphatic rings. The van der Waals surface area contributed by atoms with E-state index >= 15 is 0 Å². The van der Waals surface area contributed by atoms with Crippen LogP contribution >= 0.6 is 0 Å². The van der Waals surface area contributed by atoms with Crippen molar-refractivity contribution in [3.8, 4) is 5.75 Å². The maximum Gasteiger partial charge on any atom is 0.241 e. The number of likely N-dealkylation sites (N-methyl/N-ethyl adjacent to an activating group) is 1. The number of carbonyl (C=O) groups is 2. The molecule has 1 N–H and O–H groups in total. The van der Waals surface area contributed by atoms with Crippen LogP contribution in [0, 0.1) is 12.8 Å². The van der Waals surface area contributed by atoms with Crippen molar-refractivity contribution < 1.29 is 14.3 Å². The molecule has 1 aliphatic carbocycles. The van der Waals surface area contributed by atoms with Gasteiger partial charge >= 0.3 is 0 Å². The van der Waals surface area contributed by atoms with E-state index in [1.165, 1.54) is 12.0 Å². The summed E-state index contributed by atoms with van der Waals surface area (Å²) in [4.78, 5) is 25.7. The Morgan fingerprint density at radius 3 is 2.50 bits per heavy atom. The molecule has 2 amide bonds. The Bertz CT molecular complexity index is 536. The standard InChI is InChI=1S/C19H28N2O3/c1-15-8-10-17(11-9-15)24-13-12-21(2)18(22)14-20-19(23)16-6-4-3-5-7-16/h8-11,16H,3-7,12-14H2,1-2H3,(H,20,23). The maximum atomic E-state index is 12.1. The Balaban J connectivity index is 1.64. The van der Waals surface area contributed by atoms with E-state index in [9.17, 15) is 9.59 Å². The van der Waals surface area contributed by atoms with E-state index < -0.39 is 0 Å². The third-order valence-electron chi connectivity index (χ3n) is 4.53. The summed E-state index contributed by atoms with van der Waals surface area (Å²) in [6.45, 7) is 3.02. The molecule has 1 aromatic carbocycles. The van der Waals surface area contributed by atoms with Crippen LogP contribution in [0.3, 0.4) is 0 Å². The van der Waals surface area contributed by atoms with Gasteiger partial charge < -0.3 is 15.0 Å². The highest BCUT2D eigenvalue weighted by Crippen LogP contribution is 2.23. The molecule has 132 valence electrons. The first-order chi connectivity index (χ1) is 11.6. The summed E-state index contributed by atoms with van der Waals surface area (Å²) in [5, 5.41) is 2.78. The van der Waals surface area contributed by atoms with Crippen molar-refractivity contribution in [2.45, 2.75) is 39.0 Å². The highest BCUT2D eigenvalue weighted by atomic mass is 16.5. The third-order valence-corrected chi connectivity index (χ3v) is 4.53. The number of carbonyl (C=O) groups excluding carboxylic acids is 2. The van der Waals surface area contributed by atoms with Gasteiger partial charge in [0.05, 0.1) is 13.1 Å². The van der Waals surface area contributed by atoms with Gasteiger partial charge in [-0.15, -0.1) is 0 Å². The molecular formula is C19H28N2O3. The van der Waals surface area contributed by atoms with Gasteiger partial charge in [-0.05, 0) is 31.9 Å². The summed E-state index contributed by atoms with van der Waals surface area (Å²) in [6.07, 6.45) is 5.33. The van der Waals surface area contributed by atoms with Gasteiger partial charge in [0.1, 0.15) is 12.4 Å². The van der Waals surface area contributed by atoms with Gasteiger partial charge in [-0.25, -0.2) is 0 Å². The minimum Gasteiger partial charge on any atom is -0.492 e. The molecular weight excluding hydrogens is 304 g/mol. The van der Waals surface area contributed by atoms with Gasteiger partial charge in [0.25, 0.3) is 0 Å². The number of ether oxygens (including phenoxy) is 1. The first-order valence-corrected chi connectivity index (χ1v) is 8.77. The Morgan fingerprint density at radius 2 is 1.83 bits per heavy atom. The van der Waals surface area contributed by atoms with Gasteiger partial charge in [0.2, 0.25) is 11.8 Å². The van der Waals surface area contributed by atoms with Crippen molar-refractivity contribution in [3.63, 3.8) is 0 Å². The molecule has 1 saturated carbocycles. The van der Waals surface area contributed by atoms with E-state index in [0.717, 1.165) is 31.4 Å². The number of amides is 2. The van der Waals surface area contributed by atoms with Crippen molar-refractivity contribution in [1.29, 1.82) is 0 Å². The van der Waals surface area contributed by atoms with Crippen molar-refractivity contribution in [2.75, 3.05) is 26.7 Å². The van der Waals surface area contributed by atoms with Gasteiger partial charge in [-0.3, -0.25) is 9.59 Å². The van der Waals surface area contributed by atoms with E-state index in [0.29, 0.717) is 13.2 Å². The second-order valence-electron chi connectivity index (χ2n) is 6.53. The number of rotatable bonds is 7. The van der Waals surface area contributed by atoms with Crippen LogP contribution in [-0.2, 0) is 9.59 Å². The van der Waals surface area contributed by atoms with E-state index in [-0.39, 0.29) is 24.3 Å². The van der Waals surface area contributed by atoms with Crippen molar-refractivity contribution in [2.24, 2.45) is 5.92 Å². The first kappa shape index (κ1) is 18.3. The Hall–Kier alpha value is -2.04. The number of nitrogens with one attached hydrogen (secondary N) is 1. The SMILES string of the molecule is Cc1ccc(OCCN(C)C(=O)CNC(=O)C2CCCCC2)cc1. The van der Waals surface area contributed by atoms with Crippen molar-refractivity contribution in [1.82, 2.24) is 10.2 Å². The Labute approximate surface area is 144 Å². The fraction of sp³-hybridized carbons (Fsp3) is 0.579. The molecule has 0 spiro atoms. The Kier molecular flexibility index (Phi) is 7.09. The topological polar surface area (TPSA) is 58.6 Å². The molecule has 0 bridgehead atoms. The molecule has 24 heavy (non-hydrogen) atoms. The summed E-state index contributed by atoms with van der Waals surface area (Å²) < 4.78 is 5.62. The number of nitrogens with zero attached hydrogens (tertiary/aromatic N) is 1. The molecule has 0 heterocycles. The number of hydrogen-bond donors (Lipinski definition) is 1. The van der Waals surface area contributed by atoms with Crippen molar-refractivity contribution in [3.05, 3.63) is 29.8 Å². The van der Waals surface area contributed by atoms with Gasteiger partial charge in [0.15, 0.2) is 0 Å². The maximum absolute atomic E-state index is 12.1. The van der Waals surface area contributed by atoms with E-state index in [4.69, 9.17) is 4.74 Å². The molecule has 0 aromatic heterocycles. The van der Waals surface area contributed by atoms with Gasteiger partial charge in [-0.1, -0.05) is 37.0 Å². The second kappa shape index (κ2) is 9.30. The highest BCUT2D eigenvalue weighted by molar-refractivity contribution is 5.85. The van der Waals surface area contributed by atoms with Gasteiger partial charge in [0, 0.05) is 13.0 Å². The molecule has 2 rings (SSSR count). The number of hydrogen-bond acceptors (Lipinski definition) is 3. The summed E-state index contributed by atoms with van der Waals surface area (Å²) in [5.41, 5.74) is 1.18. The minimum absolute atomic E-state index is 0.0207. The van der Waals surface area contributed by atoms with Crippen LogP contribution in [0.25, 0.3) is 0 Å². The molecule has 0 aliphatic heterocycles. The molecule has 5 nitrogen and oxygen atoms in total. The summed E-state index contributed by atoms with van der Waals surface area (Å²) in [5.74, 6) is 0.813. The van der Waals surface area contributed by atoms with Gasteiger partial charge in [-0.2, -0.15) is 0 Å². The van der Waals surface area contributed by atoms with Crippen LogP contribution in [0.5, 0.6) is 5.75 Å². The zero-order valence-corrected chi connectivity index (χ0v) is 14.7. The van der Waals surface area contributed by atoms with E-state index in [2.05, 4.69) is 5.32 Å². The largest absolute Gasteiger partial charge is 0.492 e. The van der Waals surface area contributed by atoms with Crippen molar-refractivity contribution >= 4 is 11.8 Å². The smallest absolute Gasteiger partial charge is 0.241 e. The minimum atomic E-state index is -0.0911. The molecule has 0 unspecified atom stereocenters. The van der Waals surface area contributed by atoms with Crippen LogP contribution < -0.4 is 10.1 Å². The molecule has 0 saturated heterocycles. The summed E-state index contributed by atoms with van der Waals surface area (Å²) in [7, 11) is 1.73. The van der Waals surface area contributed by atoms with Crippen LogP contribution in [-0.4, -0.2) is 43.5 Å². The molecule has 1 fully saturated rings. The predicted octanol–water partition coefficient (Wildman–Crippen LogP) is 2.53. The fourth-order valence-corrected chi connectivity index (χ4v) is 2.87. The molecule has 0 radical (unpaired) electrons. The zero-order valence-electron chi connectivity index (χ0n) is 14.7. The first-order valence-electron chi connectivity index (χ1n) is 8.77. The van der Waals surface area contributed by atoms with Crippen LogP contribution in [0.1, 0.15) is 37.7 Å². The fourth-order valence-electron chi connectivity index (χ4n) is 2.87. The predicted molar refractivity (Wildman–Crippen MR) is 93.9 cm³/mol. The lowest BCUT2D eigenvalue weighted by molar-refractivity contribution is -0.133. The summed E-state index contributed by atoms with van der Waals surface area (Å²) >= 11 is 0. The highest BCUT2D eigenvalue weighted by Gasteiger charge is 2.21. The monoisotopic (exact) mass is 332 g/mol. The second-order valence-corrected chi connectivity index (χ2v) is 6.53. The third kappa shape index (κ3) is 5.87. The van der Waals surface area contributed by atoms with Crippen LogP contribution in [0.2, 0.25) is 0 Å². The lowest BCUT2D eigenvalue weighted by atomic mass is 9.89. The molecule has 5 heteroatoms. The zero-order chi connectivity index (χ0) is 17.4. The number of aryl methyl sites for hydroxylation is 1. The quantitative estimate of drug-likeness (QED) is 0.835. The summed E-state index contributed by atoms with van der Waals surface area (Å²) in [6, 6.07) is 7.82.